The largest absolute Gasteiger partial charge is 0.496 e. The van der Waals surface area contributed by atoms with Crippen LogP contribution in [-0.2, 0) is 0 Å². The van der Waals surface area contributed by atoms with Gasteiger partial charge in [0.15, 0.2) is 0 Å². The first-order valence-corrected chi connectivity index (χ1v) is 6.11. The highest BCUT2D eigenvalue weighted by atomic mass is 127. The summed E-state index contributed by atoms with van der Waals surface area (Å²) < 4.78 is 12.5. The van der Waals surface area contributed by atoms with E-state index < -0.39 is 0 Å². The summed E-state index contributed by atoms with van der Waals surface area (Å²) in [4.78, 5) is 0. The van der Waals surface area contributed by atoms with Gasteiger partial charge in [-0.15, -0.1) is 0 Å². The average molecular weight is 420 g/mol. The molecule has 0 spiro atoms. The monoisotopic (exact) mass is 420 g/mol. The summed E-state index contributed by atoms with van der Waals surface area (Å²) in [5.74, 6) is 1.62. The van der Waals surface area contributed by atoms with Crippen molar-refractivity contribution in [3.05, 3.63) is 19.3 Å². The van der Waals surface area contributed by atoms with E-state index in [0.717, 1.165) is 18.6 Å². The molecule has 0 bridgehead atoms. The molecule has 0 unspecified atom stereocenters. The van der Waals surface area contributed by atoms with Gasteiger partial charge in [-0.2, -0.15) is 0 Å². The molecule has 0 aromatic heterocycles. The number of rotatable bonds is 4. The molecule has 0 aliphatic rings. The van der Waals surface area contributed by atoms with E-state index >= 15 is 0 Å². The third-order valence-corrected chi connectivity index (χ3v) is 3.24. The fraction of sp³-hybridized carbons (Fsp3) is 0.333. The Morgan fingerprint density at radius 3 is 2.36 bits per heavy atom. The van der Waals surface area contributed by atoms with E-state index in [1.165, 1.54) is 0 Å². The third kappa shape index (κ3) is 3.13. The molecule has 0 radical (unpaired) electrons. The summed E-state index contributed by atoms with van der Waals surface area (Å²) in [6.07, 6.45) is 0. The molecule has 78 valence electrons. The van der Waals surface area contributed by atoms with Crippen molar-refractivity contribution >= 4 is 45.2 Å². The molecule has 0 saturated heterocycles. The van der Waals surface area contributed by atoms with E-state index in [2.05, 4.69) is 45.2 Å². The molecule has 1 N–H and O–H groups in total. The topological polar surface area (TPSA) is 38.7 Å². The van der Waals surface area contributed by atoms with Crippen molar-refractivity contribution in [3.63, 3.8) is 0 Å². The second-order valence-electron chi connectivity index (χ2n) is 2.49. The Balaban J connectivity index is 2.90. The number of hydrogen-bond donors (Lipinski definition) is 1. The van der Waals surface area contributed by atoms with E-state index in [-0.39, 0.29) is 6.61 Å². The zero-order valence-electron chi connectivity index (χ0n) is 7.59. The Hall–Kier alpha value is 0.240. The van der Waals surface area contributed by atoms with Crippen LogP contribution in [0.5, 0.6) is 11.5 Å². The first kappa shape index (κ1) is 12.3. The molecule has 0 atom stereocenters. The molecule has 0 aliphatic carbocycles. The third-order valence-electron chi connectivity index (χ3n) is 1.56. The minimum Gasteiger partial charge on any atom is -0.496 e. The molecule has 0 saturated carbocycles. The van der Waals surface area contributed by atoms with Crippen LogP contribution in [-0.4, -0.2) is 25.4 Å². The van der Waals surface area contributed by atoms with Crippen molar-refractivity contribution in [2.75, 3.05) is 20.3 Å². The summed E-state index contributed by atoms with van der Waals surface area (Å²) in [5, 5.41) is 8.63. The van der Waals surface area contributed by atoms with Gasteiger partial charge in [-0.05, 0) is 57.3 Å². The SMILES string of the molecule is COc1cc(I)c(OCCO)cc1I. The highest BCUT2D eigenvalue weighted by Gasteiger charge is 2.07. The van der Waals surface area contributed by atoms with Gasteiger partial charge < -0.3 is 14.6 Å². The molecule has 0 amide bonds. The Bertz CT molecular complexity index is 315. The van der Waals surface area contributed by atoms with Crippen molar-refractivity contribution in [2.24, 2.45) is 0 Å². The molecule has 14 heavy (non-hydrogen) atoms. The molecule has 0 heterocycles. The molecule has 1 aromatic carbocycles. The van der Waals surface area contributed by atoms with Gasteiger partial charge in [-0.1, -0.05) is 0 Å². The van der Waals surface area contributed by atoms with Gasteiger partial charge >= 0.3 is 0 Å². The van der Waals surface area contributed by atoms with Crippen LogP contribution < -0.4 is 9.47 Å². The number of aliphatic hydroxyl groups excluding tert-OH is 1. The summed E-state index contributed by atoms with van der Waals surface area (Å²) >= 11 is 4.36. The van der Waals surface area contributed by atoms with Crippen LogP contribution in [0, 0.1) is 7.14 Å². The van der Waals surface area contributed by atoms with E-state index in [9.17, 15) is 0 Å². The maximum absolute atomic E-state index is 8.63. The van der Waals surface area contributed by atoms with Crippen LogP contribution in [0.2, 0.25) is 0 Å². The Morgan fingerprint density at radius 2 is 1.79 bits per heavy atom. The predicted molar refractivity (Wildman–Crippen MR) is 71.0 cm³/mol. The fourth-order valence-corrected chi connectivity index (χ4v) is 2.19. The highest BCUT2D eigenvalue weighted by molar-refractivity contribution is 14.1. The van der Waals surface area contributed by atoms with Crippen molar-refractivity contribution < 1.29 is 14.6 Å². The van der Waals surface area contributed by atoms with Crippen LogP contribution in [0.15, 0.2) is 12.1 Å². The lowest BCUT2D eigenvalue weighted by molar-refractivity contribution is 0.200. The van der Waals surface area contributed by atoms with Gasteiger partial charge in [0.05, 0.1) is 20.9 Å². The molecular weight excluding hydrogens is 410 g/mol. The van der Waals surface area contributed by atoms with Gasteiger partial charge in [0.1, 0.15) is 18.1 Å². The van der Waals surface area contributed by atoms with Crippen LogP contribution >= 0.6 is 45.2 Å². The normalized spacial score (nSPS) is 10.0. The van der Waals surface area contributed by atoms with Crippen LogP contribution in [0.25, 0.3) is 0 Å². The zero-order chi connectivity index (χ0) is 10.6. The highest BCUT2D eigenvalue weighted by Crippen LogP contribution is 2.30. The minimum absolute atomic E-state index is 0.0265. The average Bonchev–Trinajstić information content (AvgIpc) is 2.18. The zero-order valence-corrected chi connectivity index (χ0v) is 11.9. The molecule has 0 aliphatic heterocycles. The first-order valence-electron chi connectivity index (χ1n) is 3.95. The molecule has 3 nitrogen and oxygen atoms in total. The number of benzene rings is 1. The first-order chi connectivity index (χ1) is 6.69. The molecule has 0 fully saturated rings. The standard InChI is InChI=1S/C9H10I2O3/c1-13-8-4-7(11)9(5-6(8)10)14-3-2-12/h4-5,12H,2-3H2,1H3. The van der Waals surface area contributed by atoms with Crippen LogP contribution in [0.4, 0.5) is 0 Å². The van der Waals surface area contributed by atoms with Gasteiger partial charge in [-0.3, -0.25) is 0 Å². The maximum atomic E-state index is 8.63. The predicted octanol–water partition coefficient (Wildman–Crippen LogP) is 2.28. The van der Waals surface area contributed by atoms with Gasteiger partial charge in [-0.25, -0.2) is 0 Å². The lowest BCUT2D eigenvalue weighted by Crippen LogP contribution is -2.03. The second-order valence-corrected chi connectivity index (χ2v) is 4.81. The summed E-state index contributed by atoms with van der Waals surface area (Å²) in [6.45, 7) is 0.344. The molecule has 1 rings (SSSR count). The van der Waals surface area contributed by atoms with Gasteiger partial charge in [0.2, 0.25) is 0 Å². The fourth-order valence-electron chi connectivity index (χ4n) is 0.933. The Kier molecular flexibility index (Phi) is 5.24. The van der Waals surface area contributed by atoms with E-state index in [0.29, 0.717) is 6.61 Å². The summed E-state index contributed by atoms with van der Waals surface area (Å²) in [5.41, 5.74) is 0. The quantitative estimate of drug-likeness (QED) is 0.761. The Labute approximate surface area is 110 Å². The number of methoxy groups -OCH3 is 1. The van der Waals surface area contributed by atoms with Gasteiger partial charge in [0.25, 0.3) is 0 Å². The van der Waals surface area contributed by atoms with Crippen molar-refractivity contribution in [2.45, 2.75) is 0 Å². The maximum Gasteiger partial charge on any atom is 0.134 e. The molecule has 5 heteroatoms. The number of halogens is 2. The number of hydrogen-bond acceptors (Lipinski definition) is 3. The Morgan fingerprint density at radius 1 is 1.21 bits per heavy atom. The van der Waals surface area contributed by atoms with Gasteiger partial charge in [0, 0.05) is 0 Å². The van der Waals surface area contributed by atoms with E-state index in [4.69, 9.17) is 14.6 Å². The summed E-state index contributed by atoms with van der Waals surface area (Å²) in [6, 6.07) is 3.81. The lowest BCUT2D eigenvalue weighted by atomic mass is 10.3. The lowest BCUT2D eigenvalue weighted by Gasteiger charge is -2.10. The van der Waals surface area contributed by atoms with Crippen molar-refractivity contribution in [1.82, 2.24) is 0 Å². The molecular formula is C9H10I2O3. The smallest absolute Gasteiger partial charge is 0.134 e. The van der Waals surface area contributed by atoms with Crippen LogP contribution in [0.1, 0.15) is 0 Å². The summed E-state index contributed by atoms with van der Waals surface area (Å²) in [7, 11) is 1.64. The number of ether oxygens (including phenoxy) is 2. The number of aliphatic hydroxyl groups is 1. The van der Waals surface area contributed by atoms with Crippen molar-refractivity contribution in [3.8, 4) is 11.5 Å². The second kappa shape index (κ2) is 5.96. The van der Waals surface area contributed by atoms with E-state index in [1.807, 2.05) is 12.1 Å². The van der Waals surface area contributed by atoms with E-state index in [1.54, 1.807) is 7.11 Å². The van der Waals surface area contributed by atoms with Crippen LogP contribution in [0.3, 0.4) is 0 Å². The minimum atomic E-state index is 0.0265. The molecule has 1 aromatic rings. The van der Waals surface area contributed by atoms with Crippen molar-refractivity contribution in [1.29, 1.82) is 0 Å².